The first kappa shape index (κ1) is 13.0. The van der Waals surface area contributed by atoms with Gasteiger partial charge in [0.25, 0.3) is 0 Å². The lowest BCUT2D eigenvalue weighted by molar-refractivity contribution is -0.103. The highest BCUT2D eigenvalue weighted by atomic mass is 35.5. The molecule has 0 aromatic carbocycles. The molecule has 0 nitrogen and oxygen atoms in total. The Morgan fingerprint density at radius 2 is 1.95 bits per heavy atom. The summed E-state index contributed by atoms with van der Waals surface area (Å²) in [4.78, 5) is 1.22. The van der Waals surface area contributed by atoms with E-state index in [0.29, 0.717) is 10.8 Å². The molecule has 104 valence electrons. The van der Waals surface area contributed by atoms with Crippen LogP contribution in [0.25, 0.3) is 0 Å². The van der Waals surface area contributed by atoms with E-state index in [-0.39, 0.29) is 5.38 Å². The van der Waals surface area contributed by atoms with Gasteiger partial charge >= 0.3 is 0 Å². The van der Waals surface area contributed by atoms with Gasteiger partial charge in [0.2, 0.25) is 0 Å². The smallest absolute Gasteiger partial charge is 0.0750 e. The van der Waals surface area contributed by atoms with Crippen LogP contribution in [0.15, 0.2) is 11.4 Å². The first-order chi connectivity index (χ1) is 9.00. The molecule has 0 radical (unpaired) electrons. The normalized spacial score (nSPS) is 45.6. The Bertz CT molecular complexity index is 493. The highest BCUT2D eigenvalue weighted by Gasteiger charge is 2.58. The maximum absolute atomic E-state index is 6.96. The fourth-order valence-electron chi connectivity index (χ4n) is 5.86. The van der Waals surface area contributed by atoms with Gasteiger partial charge in [-0.1, -0.05) is 18.5 Å². The molecule has 1 aromatic heterocycles. The van der Waals surface area contributed by atoms with Gasteiger partial charge < -0.3 is 0 Å². The largest absolute Gasteiger partial charge is 0.146 e. The molecule has 3 heteroatoms. The van der Waals surface area contributed by atoms with Crippen molar-refractivity contribution in [3.63, 3.8) is 0 Å². The van der Waals surface area contributed by atoms with E-state index >= 15 is 0 Å². The Morgan fingerprint density at radius 1 is 1.26 bits per heavy atom. The summed E-state index contributed by atoms with van der Waals surface area (Å²) < 4.78 is 0. The fourth-order valence-corrected chi connectivity index (χ4v) is 7.72. The Balaban J connectivity index is 1.72. The molecule has 3 atom stereocenters. The average Bonchev–Trinajstić information content (AvgIpc) is 2.71. The molecule has 19 heavy (non-hydrogen) atoms. The number of hydrogen-bond donors (Lipinski definition) is 0. The van der Waals surface area contributed by atoms with Crippen molar-refractivity contribution in [1.82, 2.24) is 0 Å². The fraction of sp³-hybridized carbons (Fsp3) is 0.750. The number of thiophene rings is 1. The lowest BCUT2D eigenvalue weighted by atomic mass is 9.44. The maximum Gasteiger partial charge on any atom is 0.0750 e. The van der Waals surface area contributed by atoms with Gasteiger partial charge in [-0.15, -0.1) is 22.9 Å². The van der Waals surface area contributed by atoms with Crippen LogP contribution in [0.5, 0.6) is 0 Å². The van der Waals surface area contributed by atoms with Crippen LogP contribution >= 0.6 is 34.5 Å². The molecule has 3 unspecified atom stereocenters. The summed E-state index contributed by atoms with van der Waals surface area (Å²) in [6.07, 6.45) is 8.32. The molecule has 4 aliphatic carbocycles. The quantitative estimate of drug-likeness (QED) is 0.563. The van der Waals surface area contributed by atoms with E-state index in [0.717, 1.165) is 16.9 Å². The predicted molar refractivity (Wildman–Crippen MR) is 83.1 cm³/mol. The zero-order chi connectivity index (χ0) is 13.3. The van der Waals surface area contributed by atoms with Crippen LogP contribution in [0.4, 0.5) is 0 Å². The van der Waals surface area contributed by atoms with Crippen LogP contribution in [0.2, 0.25) is 5.02 Å². The van der Waals surface area contributed by atoms with Gasteiger partial charge in [-0.3, -0.25) is 0 Å². The van der Waals surface area contributed by atoms with Gasteiger partial charge in [-0.05, 0) is 72.6 Å². The molecular formula is C16H20Cl2S. The monoisotopic (exact) mass is 314 g/mol. The maximum atomic E-state index is 6.96. The third kappa shape index (κ3) is 1.92. The van der Waals surface area contributed by atoms with Crippen LogP contribution in [0.3, 0.4) is 0 Å². The predicted octanol–water partition coefficient (Wildman–Crippen LogP) is 6.29. The summed E-state index contributed by atoms with van der Waals surface area (Å²) in [5, 5.41) is 3.09. The summed E-state index contributed by atoms with van der Waals surface area (Å²) in [6.45, 7) is 2.50. The summed E-state index contributed by atoms with van der Waals surface area (Å²) >= 11 is 15.0. The number of halogens is 2. The molecule has 0 saturated heterocycles. The minimum absolute atomic E-state index is 0.130. The minimum Gasteiger partial charge on any atom is -0.146 e. The second kappa shape index (κ2) is 4.15. The topological polar surface area (TPSA) is 0 Å². The molecule has 1 heterocycles. The van der Waals surface area contributed by atoms with Gasteiger partial charge in [-0.25, -0.2) is 0 Å². The van der Waals surface area contributed by atoms with Gasteiger partial charge in [0.15, 0.2) is 0 Å². The van der Waals surface area contributed by atoms with E-state index in [1.165, 1.54) is 43.4 Å². The summed E-state index contributed by atoms with van der Waals surface area (Å²) in [7, 11) is 0. The van der Waals surface area contributed by atoms with Crippen LogP contribution < -0.4 is 0 Å². The van der Waals surface area contributed by atoms with Crippen molar-refractivity contribution in [2.75, 3.05) is 0 Å². The molecule has 0 N–H and O–H groups in total. The van der Waals surface area contributed by atoms with Crippen molar-refractivity contribution >= 4 is 34.5 Å². The van der Waals surface area contributed by atoms with E-state index in [2.05, 4.69) is 12.3 Å². The number of alkyl halides is 1. The summed E-state index contributed by atoms with van der Waals surface area (Å²) in [6, 6.07) is 2.00. The lowest BCUT2D eigenvalue weighted by Gasteiger charge is -2.62. The third-order valence-corrected chi connectivity index (χ3v) is 8.05. The first-order valence-electron chi connectivity index (χ1n) is 7.37. The zero-order valence-electron chi connectivity index (χ0n) is 11.3. The Labute approximate surface area is 129 Å². The summed E-state index contributed by atoms with van der Waals surface area (Å²) in [5.41, 5.74) is 0.885. The van der Waals surface area contributed by atoms with Crippen molar-refractivity contribution in [3.8, 4) is 0 Å². The van der Waals surface area contributed by atoms with Crippen molar-refractivity contribution in [2.45, 2.75) is 50.8 Å². The van der Waals surface area contributed by atoms with Crippen LogP contribution in [0.1, 0.15) is 55.7 Å². The van der Waals surface area contributed by atoms with E-state index in [1.807, 2.05) is 6.07 Å². The van der Waals surface area contributed by atoms with Crippen molar-refractivity contribution < 1.29 is 0 Å². The lowest BCUT2D eigenvalue weighted by Crippen LogP contribution is -2.52. The summed E-state index contributed by atoms with van der Waals surface area (Å²) in [5.74, 6) is 1.84. The van der Waals surface area contributed by atoms with Gasteiger partial charge in [0.1, 0.15) is 0 Å². The number of hydrogen-bond acceptors (Lipinski definition) is 1. The molecule has 4 fully saturated rings. The van der Waals surface area contributed by atoms with E-state index in [4.69, 9.17) is 23.2 Å². The second-order valence-electron chi connectivity index (χ2n) is 7.63. The number of rotatable bonds is 2. The zero-order valence-corrected chi connectivity index (χ0v) is 13.6. The Morgan fingerprint density at radius 3 is 2.47 bits per heavy atom. The van der Waals surface area contributed by atoms with Crippen LogP contribution in [-0.4, -0.2) is 0 Å². The van der Waals surface area contributed by atoms with E-state index in [9.17, 15) is 0 Å². The molecular weight excluding hydrogens is 295 g/mol. The first-order valence-corrected chi connectivity index (χ1v) is 9.06. The molecule has 4 bridgehead atoms. The Kier molecular flexibility index (Phi) is 2.83. The average molecular weight is 315 g/mol. The molecule has 1 aromatic rings. The van der Waals surface area contributed by atoms with Crippen molar-refractivity contribution in [1.29, 1.82) is 0 Å². The highest BCUT2D eigenvalue weighted by molar-refractivity contribution is 7.11. The molecule has 0 amide bonds. The van der Waals surface area contributed by atoms with E-state index in [1.54, 1.807) is 11.3 Å². The second-order valence-corrected chi connectivity index (χ2v) is 9.42. The molecule has 0 aliphatic heterocycles. The van der Waals surface area contributed by atoms with Crippen molar-refractivity contribution in [3.05, 3.63) is 21.3 Å². The van der Waals surface area contributed by atoms with Crippen LogP contribution in [-0.2, 0) is 0 Å². The molecule has 0 spiro atoms. The third-order valence-electron chi connectivity index (χ3n) is 5.81. The van der Waals surface area contributed by atoms with Gasteiger partial charge in [0.05, 0.1) is 10.4 Å². The molecule has 4 saturated carbocycles. The van der Waals surface area contributed by atoms with E-state index < -0.39 is 0 Å². The van der Waals surface area contributed by atoms with Gasteiger partial charge in [0, 0.05) is 4.88 Å². The molecule has 5 rings (SSSR count). The highest BCUT2D eigenvalue weighted by Crippen LogP contribution is 2.69. The van der Waals surface area contributed by atoms with Crippen LogP contribution in [0, 0.1) is 22.7 Å². The SMILES string of the molecule is CC12CC3CC(C1)CC(C(Cl)c1sccc1Cl)(C3)C2. The standard InChI is InChI=1S/C16H20Cl2S/c1-15-5-10-4-11(6-15)8-16(7-10,9-15)14(18)13-12(17)2-3-19-13/h2-3,10-11,14H,4-9H2,1H3. The Hall–Kier alpha value is 0.280. The molecule has 4 aliphatic rings. The minimum atomic E-state index is 0.130. The van der Waals surface area contributed by atoms with Gasteiger partial charge in [-0.2, -0.15) is 0 Å². The van der Waals surface area contributed by atoms with Crippen molar-refractivity contribution in [2.24, 2.45) is 22.7 Å².